The molecule has 0 aliphatic carbocycles. The number of benzene rings is 2. The maximum absolute atomic E-state index is 12.7. The van der Waals surface area contributed by atoms with Gasteiger partial charge in [0.2, 0.25) is 0 Å². The van der Waals surface area contributed by atoms with Crippen LogP contribution in [0.15, 0.2) is 64.0 Å². The Morgan fingerprint density at radius 3 is 2.55 bits per heavy atom. The van der Waals surface area contributed by atoms with Crippen LogP contribution in [0.3, 0.4) is 0 Å². The van der Waals surface area contributed by atoms with Crippen molar-refractivity contribution in [2.24, 2.45) is 0 Å². The molecule has 0 saturated heterocycles. The van der Waals surface area contributed by atoms with Crippen LogP contribution < -0.4 is 10.5 Å². The Hall–Kier alpha value is -2.88. The second kappa shape index (κ2) is 5.48. The van der Waals surface area contributed by atoms with Crippen LogP contribution in [0, 0.1) is 0 Å². The number of carboxylic acid groups (broad SMARTS) is 1. The van der Waals surface area contributed by atoms with E-state index in [0.29, 0.717) is 22.1 Å². The standard InChI is InChI=1S/C18H14O4/c1-11(18(20)21)13-7-8-16-14(9-13)17(19)15(10-22-16)12-5-3-2-4-6-12/h2-11H,1H3,(H,20,21)/p-1. The molecule has 0 aliphatic heterocycles. The molecule has 0 saturated carbocycles. The number of fused-ring (bicyclic) bond motifs is 1. The number of carbonyl (C=O) groups is 1. The van der Waals surface area contributed by atoms with E-state index in [9.17, 15) is 14.7 Å². The molecule has 0 radical (unpaired) electrons. The summed E-state index contributed by atoms with van der Waals surface area (Å²) < 4.78 is 5.51. The van der Waals surface area contributed by atoms with Crippen LogP contribution in [0.1, 0.15) is 18.4 Å². The summed E-state index contributed by atoms with van der Waals surface area (Å²) >= 11 is 0. The summed E-state index contributed by atoms with van der Waals surface area (Å²) in [5.74, 6) is -1.97. The van der Waals surface area contributed by atoms with Crippen molar-refractivity contribution in [1.29, 1.82) is 0 Å². The highest BCUT2D eigenvalue weighted by Crippen LogP contribution is 2.23. The lowest BCUT2D eigenvalue weighted by Gasteiger charge is -2.13. The highest BCUT2D eigenvalue weighted by atomic mass is 16.4. The largest absolute Gasteiger partial charge is 0.550 e. The molecular weight excluding hydrogens is 280 g/mol. The van der Waals surface area contributed by atoms with Crippen LogP contribution in [0.4, 0.5) is 0 Å². The molecule has 0 aliphatic rings. The first-order valence-corrected chi connectivity index (χ1v) is 6.89. The van der Waals surface area contributed by atoms with Crippen molar-refractivity contribution in [3.63, 3.8) is 0 Å². The Balaban J connectivity index is 2.21. The Morgan fingerprint density at radius 2 is 1.86 bits per heavy atom. The summed E-state index contributed by atoms with van der Waals surface area (Å²) in [6.07, 6.45) is 1.43. The van der Waals surface area contributed by atoms with Gasteiger partial charge >= 0.3 is 0 Å². The van der Waals surface area contributed by atoms with Crippen LogP contribution in [-0.4, -0.2) is 5.97 Å². The van der Waals surface area contributed by atoms with Gasteiger partial charge in [0.1, 0.15) is 11.8 Å². The average molecular weight is 293 g/mol. The van der Waals surface area contributed by atoms with Crippen molar-refractivity contribution < 1.29 is 14.3 Å². The van der Waals surface area contributed by atoms with Crippen molar-refractivity contribution >= 4 is 16.9 Å². The van der Waals surface area contributed by atoms with Gasteiger partial charge in [0, 0.05) is 11.9 Å². The van der Waals surface area contributed by atoms with Gasteiger partial charge in [-0.05, 0) is 23.3 Å². The fraction of sp³-hybridized carbons (Fsp3) is 0.111. The van der Waals surface area contributed by atoms with Crippen LogP contribution in [0.5, 0.6) is 0 Å². The predicted molar refractivity (Wildman–Crippen MR) is 81.3 cm³/mol. The zero-order chi connectivity index (χ0) is 15.7. The Bertz CT molecular complexity index is 894. The van der Waals surface area contributed by atoms with Crippen LogP contribution in [0.2, 0.25) is 0 Å². The van der Waals surface area contributed by atoms with Gasteiger partial charge in [0.25, 0.3) is 0 Å². The number of carboxylic acids is 1. The molecule has 1 aromatic heterocycles. The molecule has 3 aromatic rings. The van der Waals surface area contributed by atoms with Gasteiger partial charge in [0.15, 0.2) is 5.43 Å². The SMILES string of the molecule is CC(C(=O)[O-])c1ccc2occ(-c3ccccc3)c(=O)c2c1. The van der Waals surface area contributed by atoms with Crippen LogP contribution in [-0.2, 0) is 4.79 Å². The van der Waals surface area contributed by atoms with E-state index < -0.39 is 11.9 Å². The Kier molecular flexibility index (Phi) is 3.51. The molecule has 1 unspecified atom stereocenters. The molecule has 3 rings (SSSR count). The topological polar surface area (TPSA) is 70.3 Å². The predicted octanol–water partition coefficient (Wildman–Crippen LogP) is 2.31. The van der Waals surface area contributed by atoms with Crippen molar-refractivity contribution in [3.8, 4) is 11.1 Å². The first-order valence-electron chi connectivity index (χ1n) is 6.89. The number of rotatable bonds is 3. The van der Waals surface area contributed by atoms with E-state index in [-0.39, 0.29) is 5.43 Å². The smallest absolute Gasteiger partial charge is 0.200 e. The molecule has 4 nitrogen and oxygen atoms in total. The number of hydrogen-bond donors (Lipinski definition) is 0. The van der Waals surface area contributed by atoms with E-state index in [1.807, 2.05) is 30.3 Å². The van der Waals surface area contributed by atoms with Gasteiger partial charge in [0.05, 0.1) is 10.9 Å². The normalized spacial score (nSPS) is 12.2. The lowest BCUT2D eigenvalue weighted by molar-refractivity contribution is -0.307. The first-order chi connectivity index (χ1) is 10.6. The Morgan fingerprint density at radius 1 is 1.14 bits per heavy atom. The Labute approximate surface area is 126 Å². The number of hydrogen-bond acceptors (Lipinski definition) is 4. The molecule has 0 bridgehead atoms. The summed E-state index contributed by atoms with van der Waals surface area (Å²) in [5.41, 5.74) is 1.98. The van der Waals surface area contributed by atoms with Crippen molar-refractivity contribution in [2.45, 2.75) is 12.8 Å². The van der Waals surface area contributed by atoms with Gasteiger partial charge < -0.3 is 14.3 Å². The van der Waals surface area contributed by atoms with Gasteiger partial charge in [-0.3, -0.25) is 4.79 Å². The fourth-order valence-corrected chi connectivity index (χ4v) is 2.37. The quantitative estimate of drug-likeness (QED) is 0.743. The van der Waals surface area contributed by atoms with E-state index >= 15 is 0 Å². The van der Waals surface area contributed by atoms with Crippen LogP contribution >= 0.6 is 0 Å². The molecule has 22 heavy (non-hydrogen) atoms. The molecule has 1 heterocycles. The van der Waals surface area contributed by atoms with Gasteiger partial charge in [-0.25, -0.2) is 0 Å². The maximum Gasteiger partial charge on any atom is 0.200 e. The highest BCUT2D eigenvalue weighted by Gasteiger charge is 2.12. The zero-order valence-corrected chi connectivity index (χ0v) is 11.9. The zero-order valence-electron chi connectivity index (χ0n) is 11.9. The second-order valence-electron chi connectivity index (χ2n) is 5.14. The van der Waals surface area contributed by atoms with Crippen molar-refractivity contribution in [1.82, 2.24) is 0 Å². The first kappa shape index (κ1) is 14.1. The average Bonchev–Trinajstić information content (AvgIpc) is 2.55. The summed E-state index contributed by atoms with van der Waals surface area (Å²) in [5, 5.41) is 11.4. The maximum atomic E-state index is 12.7. The van der Waals surface area contributed by atoms with E-state index in [4.69, 9.17) is 4.42 Å². The molecule has 0 fully saturated rings. The minimum Gasteiger partial charge on any atom is -0.550 e. The third kappa shape index (κ3) is 2.39. The lowest BCUT2D eigenvalue weighted by Crippen LogP contribution is -2.28. The van der Waals surface area contributed by atoms with Crippen molar-refractivity contribution in [3.05, 3.63) is 70.6 Å². The fourth-order valence-electron chi connectivity index (χ4n) is 2.37. The van der Waals surface area contributed by atoms with E-state index in [1.54, 1.807) is 18.2 Å². The van der Waals surface area contributed by atoms with Gasteiger partial charge in [-0.2, -0.15) is 0 Å². The molecule has 0 amide bonds. The van der Waals surface area contributed by atoms with E-state index in [0.717, 1.165) is 5.56 Å². The van der Waals surface area contributed by atoms with E-state index in [1.165, 1.54) is 13.2 Å². The number of aliphatic carboxylic acids is 1. The molecule has 2 aromatic carbocycles. The third-order valence-corrected chi connectivity index (χ3v) is 3.73. The van der Waals surface area contributed by atoms with E-state index in [2.05, 4.69) is 0 Å². The summed E-state index contributed by atoms with van der Waals surface area (Å²) in [6, 6.07) is 14.0. The molecular formula is C18H13O4-. The second-order valence-corrected chi connectivity index (χ2v) is 5.14. The van der Waals surface area contributed by atoms with Crippen molar-refractivity contribution in [2.75, 3.05) is 0 Å². The van der Waals surface area contributed by atoms with Gasteiger partial charge in [-0.15, -0.1) is 0 Å². The molecule has 4 heteroatoms. The minimum atomic E-state index is -1.18. The van der Waals surface area contributed by atoms with Gasteiger partial charge in [-0.1, -0.05) is 43.3 Å². The molecule has 1 atom stereocenters. The lowest BCUT2D eigenvalue weighted by atomic mass is 9.98. The summed E-state index contributed by atoms with van der Waals surface area (Å²) in [6.45, 7) is 1.53. The van der Waals surface area contributed by atoms with Crippen LogP contribution in [0.25, 0.3) is 22.1 Å². The minimum absolute atomic E-state index is 0.181. The highest BCUT2D eigenvalue weighted by molar-refractivity contribution is 5.84. The molecule has 110 valence electrons. The number of carbonyl (C=O) groups excluding carboxylic acids is 1. The summed E-state index contributed by atoms with van der Waals surface area (Å²) in [4.78, 5) is 23.6. The summed E-state index contributed by atoms with van der Waals surface area (Å²) in [7, 11) is 0. The monoisotopic (exact) mass is 293 g/mol. The molecule has 0 spiro atoms. The molecule has 0 N–H and O–H groups in total. The third-order valence-electron chi connectivity index (χ3n) is 3.73.